The Bertz CT molecular complexity index is 190. The molecule has 1 heteroatoms. The standard InChI is InChI=1S/C14H27N/c1-3-5-6-14(11-15-7-4-2)9-12-8-13(12)10-14/h12-13,15H,3-11H2,1-2H3. The summed E-state index contributed by atoms with van der Waals surface area (Å²) in [5.74, 6) is 2.26. The van der Waals surface area contributed by atoms with Crippen molar-refractivity contribution in [2.24, 2.45) is 17.3 Å². The Morgan fingerprint density at radius 3 is 2.47 bits per heavy atom. The molecule has 0 aromatic heterocycles. The summed E-state index contributed by atoms with van der Waals surface area (Å²) in [6.07, 6.45) is 10.2. The summed E-state index contributed by atoms with van der Waals surface area (Å²) >= 11 is 0. The lowest BCUT2D eigenvalue weighted by molar-refractivity contribution is 0.224. The maximum absolute atomic E-state index is 3.67. The summed E-state index contributed by atoms with van der Waals surface area (Å²) in [6.45, 7) is 7.09. The average molecular weight is 209 g/mol. The monoisotopic (exact) mass is 209 g/mol. The van der Waals surface area contributed by atoms with Gasteiger partial charge >= 0.3 is 0 Å². The molecule has 2 aliphatic carbocycles. The van der Waals surface area contributed by atoms with Gasteiger partial charge in [-0.2, -0.15) is 0 Å². The van der Waals surface area contributed by atoms with Crippen molar-refractivity contribution in [2.45, 2.75) is 58.8 Å². The second-order valence-corrected chi connectivity index (χ2v) is 5.94. The van der Waals surface area contributed by atoms with Gasteiger partial charge in [0.2, 0.25) is 0 Å². The van der Waals surface area contributed by atoms with Gasteiger partial charge in [0.1, 0.15) is 0 Å². The van der Waals surface area contributed by atoms with E-state index in [0.717, 1.165) is 11.8 Å². The molecule has 0 heterocycles. The Balaban J connectivity index is 1.79. The van der Waals surface area contributed by atoms with Crippen LogP contribution in [0.5, 0.6) is 0 Å². The second-order valence-electron chi connectivity index (χ2n) is 5.94. The highest BCUT2D eigenvalue weighted by Gasteiger charge is 2.52. The van der Waals surface area contributed by atoms with Crippen LogP contribution in [0.15, 0.2) is 0 Å². The van der Waals surface area contributed by atoms with Gasteiger partial charge < -0.3 is 5.32 Å². The number of nitrogens with one attached hydrogen (secondary N) is 1. The smallest absolute Gasteiger partial charge is 0.000801 e. The zero-order valence-corrected chi connectivity index (χ0v) is 10.5. The Morgan fingerprint density at radius 1 is 1.13 bits per heavy atom. The summed E-state index contributed by atoms with van der Waals surface area (Å²) in [5, 5.41) is 3.67. The molecule has 88 valence electrons. The van der Waals surface area contributed by atoms with Crippen LogP contribution in [0.2, 0.25) is 0 Å². The van der Waals surface area contributed by atoms with Gasteiger partial charge in [0.05, 0.1) is 0 Å². The first-order chi connectivity index (χ1) is 7.29. The maximum Gasteiger partial charge on any atom is 0.000801 e. The normalized spacial score (nSPS) is 38.0. The molecule has 0 aliphatic heterocycles. The molecule has 0 amide bonds. The van der Waals surface area contributed by atoms with E-state index in [1.807, 2.05) is 0 Å². The fraction of sp³-hybridized carbons (Fsp3) is 1.00. The van der Waals surface area contributed by atoms with Gasteiger partial charge in [-0.25, -0.2) is 0 Å². The number of rotatable bonds is 7. The fourth-order valence-corrected chi connectivity index (χ4v) is 3.52. The highest BCUT2D eigenvalue weighted by Crippen LogP contribution is 2.61. The van der Waals surface area contributed by atoms with Crippen molar-refractivity contribution in [1.82, 2.24) is 5.32 Å². The van der Waals surface area contributed by atoms with Gasteiger partial charge in [-0.3, -0.25) is 0 Å². The first-order valence-electron chi connectivity index (χ1n) is 7.00. The van der Waals surface area contributed by atoms with Gasteiger partial charge in [-0.05, 0) is 55.9 Å². The SMILES string of the molecule is CCCCC1(CNCCC)CC2CC2C1. The van der Waals surface area contributed by atoms with Gasteiger partial charge in [-0.15, -0.1) is 0 Å². The molecule has 0 aromatic carbocycles. The molecule has 2 aliphatic rings. The zero-order chi connectivity index (χ0) is 10.7. The molecule has 0 spiro atoms. The largest absolute Gasteiger partial charge is 0.316 e. The van der Waals surface area contributed by atoms with E-state index in [-0.39, 0.29) is 0 Å². The minimum atomic E-state index is 0.707. The van der Waals surface area contributed by atoms with E-state index in [1.54, 1.807) is 6.42 Å². The quantitative estimate of drug-likeness (QED) is 0.632. The van der Waals surface area contributed by atoms with Crippen molar-refractivity contribution in [2.75, 3.05) is 13.1 Å². The molecule has 2 fully saturated rings. The lowest BCUT2D eigenvalue weighted by Crippen LogP contribution is -2.33. The third-order valence-corrected chi connectivity index (χ3v) is 4.45. The Morgan fingerprint density at radius 2 is 1.87 bits per heavy atom. The first-order valence-corrected chi connectivity index (χ1v) is 7.00. The minimum absolute atomic E-state index is 0.707. The summed E-state index contributed by atoms with van der Waals surface area (Å²) in [4.78, 5) is 0. The van der Waals surface area contributed by atoms with E-state index in [9.17, 15) is 0 Å². The van der Waals surface area contributed by atoms with Crippen LogP contribution in [0.4, 0.5) is 0 Å². The Hall–Kier alpha value is -0.0400. The predicted octanol–water partition coefficient (Wildman–Crippen LogP) is 3.59. The molecule has 0 saturated heterocycles. The minimum Gasteiger partial charge on any atom is -0.316 e. The molecule has 1 nitrogen and oxygen atoms in total. The van der Waals surface area contributed by atoms with E-state index < -0.39 is 0 Å². The van der Waals surface area contributed by atoms with Crippen molar-refractivity contribution in [1.29, 1.82) is 0 Å². The van der Waals surface area contributed by atoms with Crippen LogP contribution in [0.1, 0.15) is 58.8 Å². The molecule has 2 atom stereocenters. The molecule has 0 radical (unpaired) electrons. The number of hydrogen-bond acceptors (Lipinski definition) is 1. The van der Waals surface area contributed by atoms with E-state index in [0.29, 0.717) is 5.41 Å². The second kappa shape index (κ2) is 4.86. The van der Waals surface area contributed by atoms with Crippen molar-refractivity contribution in [3.05, 3.63) is 0 Å². The number of fused-ring (bicyclic) bond motifs is 1. The van der Waals surface area contributed by atoms with Crippen molar-refractivity contribution < 1.29 is 0 Å². The third-order valence-electron chi connectivity index (χ3n) is 4.45. The number of hydrogen-bond donors (Lipinski definition) is 1. The Labute approximate surface area is 95.0 Å². The van der Waals surface area contributed by atoms with E-state index in [1.165, 1.54) is 51.6 Å². The van der Waals surface area contributed by atoms with Crippen LogP contribution in [0.25, 0.3) is 0 Å². The van der Waals surface area contributed by atoms with Crippen LogP contribution in [0.3, 0.4) is 0 Å². The topological polar surface area (TPSA) is 12.0 Å². The van der Waals surface area contributed by atoms with Crippen molar-refractivity contribution >= 4 is 0 Å². The number of unbranched alkanes of at least 4 members (excludes halogenated alkanes) is 1. The first kappa shape index (κ1) is 11.4. The van der Waals surface area contributed by atoms with E-state index in [4.69, 9.17) is 0 Å². The molecule has 2 saturated carbocycles. The Kier molecular flexibility index (Phi) is 3.71. The fourth-order valence-electron chi connectivity index (χ4n) is 3.52. The van der Waals surface area contributed by atoms with Crippen molar-refractivity contribution in [3.8, 4) is 0 Å². The molecule has 1 N–H and O–H groups in total. The molecular weight excluding hydrogens is 182 g/mol. The summed E-state index contributed by atoms with van der Waals surface area (Å²) in [6, 6.07) is 0. The van der Waals surface area contributed by atoms with E-state index >= 15 is 0 Å². The molecule has 15 heavy (non-hydrogen) atoms. The highest BCUT2D eigenvalue weighted by atomic mass is 14.9. The van der Waals surface area contributed by atoms with Gasteiger partial charge in [-0.1, -0.05) is 26.7 Å². The van der Waals surface area contributed by atoms with E-state index in [2.05, 4.69) is 19.2 Å². The average Bonchev–Trinajstić information content (AvgIpc) is 2.85. The van der Waals surface area contributed by atoms with Crippen LogP contribution in [-0.4, -0.2) is 13.1 Å². The lowest BCUT2D eigenvalue weighted by atomic mass is 9.78. The van der Waals surface area contributed by atoms with Gasteiger partial charge in [0.25, 0.3) is 0 Å². The lowest BCUT2D eigenvalue weighted by Gasteiger charge is -2.31. The highest BCUT2D eigenvalue weighted by molar-refractivity contribution is 5.03. The summed E-state index contributed by atoms with van der Waals surface area (Å²) in [5.41, 5.74) is 0.707. The van der Waals surface area contributed by atoms with Crippen LogP contribution < -0.4 is 5.32 Å². The molecule has 0 aromatic rings. The third kappa shape index (κ3) is 2.75. The maximum atomic E-state index is 3.67. The van der Waals surface area contributed by atoms with Crippen molar-refractivity contribution in [3.63, 3.8) is 0 Å². The molecule has 0 bridgehead atoms. The van der Waals surface area contributed by atoms with Gasteiger partial charge in [0.15, 0.2) is 0 Å². The van der Waals surface area contributed by atoms with Crippen LogP contribution in [0, 0.1) is 17.3 Å². The molecule has 2 rings (SSSR count). The predicted molar refractivity (Wildman–Crippen MR) is 65.9 cm³/mol. The van der Waals surface area contributed by atoms with Crippen LogP contribution >= 0.6 is 0 Å². The summed E-state index contributed by atoms with van der Waals surface area (Å²) < 4.78 is 0. The zero-order valence-electron chi connectivity index (χ0n) is 10.5. The molecule has 2 unspecified atom stereocenters. The molecular formula is C14H27N. The summed E-state index contributed by atoms with van der Waals surface area (Å²) in [7, 11) is 0. The van der Waals surface area contributed by atoms with Crippen LogP contribution in [-0.2, 0) is 0 Å². The van der Waals surface area contributed by atoms with Gasteiger partial charge in [0, 0.05) is 6.54 Å².